The van der Waals surface area contributed by atoms with Crippen LogP contribution < -0.4 is 11.1 Å². The molecule has 3 rings (SSSR count). The summed E-state index contributed by atoms with van der Waals surface area (Å²) >= 11 is 0. The normalized spacial score (nSPS) is 16.4. The predicted molar refractivity (Wildman–Crippen MR) is 84.4 cm³/mol. The van der Waals surface area contributed by atoms with Gasteiger partial charge in [0.05, 0.1) is 5.69 Å². The molecule has 1 aromatic heterocycles. The molecular formula is C17H21N3O. The summed E-state index contributed by atoms with van der Waals surface area (Å²) in [5.41, 5.74) is 9.83. The minimum Gasteiger partial charge on any atom is -0.397 e. The molecule has 4 heteroatoms. The van der Waals surface area contributed by atoms with Gasteiger partial charge in [-0.05, 0) is 37.5 Å². The maximum Gasteiger partial charge on any atom is 0.268 e. The van der Waals surface area contributed by atoms with Gasteiger partial charge >= 0.3 is 0 Å². The maximum atomic E-state index is 12.4. The quantitative estimate of drug-likeness (QED) is 0.906. The smallest absolute Gasteiger partial charge is 0.268 e. The minimum atomic E-state index is -0.0511. The summed E-state index contributed by atoms with van der Waals surface area (Å²) in [6, 6.07) is 10.4. The fraction of sp³-hybridized carbons (Fsp3) is 0.353. The molecule has 1 unspecified atom stereocenters. The first-order chi connectivity index (χ1) is 10.1. The Labute approximate surface area is 125 Å². The number of anilines is 1. The van der Waals surface area contributed by atoms with Crippen LogP contribution in [0.2, 0.25) is 0 Å². The second-order valence-electron chi connectivity index (χ2n) is 5.97. The average molecular weight is 283 g/mol. The van der Waals surface area contributed by atoms with Crippen molar-refractivity contribution in [3.05, 3.63) is 53.3 Å². The highest BCUT2D eigenvalue weighted by Crippen LogP contribution is 2.34. The lowest BCUT2D eigenvalue weighted by molar-refractivity contribution is 0.0939. The lowest BCUT2D eigenvalue weighted by Crippen LogP contribution is -2.34. The fourth-order valence-electron chi connectivity index (χ4n) is 2.96. The third-order valence-corrected chi connectivity index (χ3v) is 4.13. The third kappa shape index (κ3) is 2.53. The number of rotatable bonds is 4. The maximum absolute atomic E-state index is 12.4. The number of carbonyl (C=O) groups excluding carboxylic acids is 1. The summed E-state index contributed by atoms with van der Waals surface area (Å²) in [6.45, 7) is 4.76. The Hall–Kier alpha value is -2.23. The van der Waals surface area contributed by atoms with Gasteiger partial charge in [-0.15, -0.1) is 0 Å². The van der Waals surface area contributed by atoms with Crippen LogP contribution >= 0.6 is 0 Å². The number of benzene rings is 1. The molecule has 0 radical (unpaired) electrons. The van der Waals surface area contributed by atoms with Crippen molar-refractivity contribution in [2.24, 2.45) is 0 Å². The van der Waals surface area contributed by atoms with Crippen LogP contribution in [0.3, 0.4) is 0 Å². The average Bonchev–Trinajstić information content (AvgIpc) is 2.82. The van der Waals surface area contributed by atoms with Gasteiger partial charge in [-0.2, -0.15) is 0 Å². The Morgan fingerprint density at radius 1 is 1.43 bits per heavy atom. The number of fused-ring (bicyclic) bond motifs is 1. The molecule has 3 N–H and O–H groups in total. The summed E-state index contributed by atoms with van der Waals surface area (Å²) in [6.07, 6.45) is 2.86. The summed E-state index contributed by atoms with van der Waals surface area (Å²) in [7, 11) is 0. The molecule has 1 aliphatic carbocycles. The highest BCUT2D eigenvalue weighted by molar-refractivity contribution is 5.93. The first kappa shape index (κ1) is 13.7. The standard InChI is InChI=1S/C17H21N3O/c1-11(2)20-10-14(18)8-16(20)17(21)19-9-13-7-12-5-3-4-6-15(12)13/h3-6,8,10-11,13H,7,9,18H2,1-2H3,(H,19,21). The lowest BCUT2D eigenvalue weighted by atomic mass is 9.77. The molecule has 1 aliphatic rings. The highest BCUT2D eigenvalue weighted by atomic mass is 16.1. The Morgan fingerprint density at radius 3 is 2.90 bits per heavy atom. The van der Waals surface area contributed by atoms with Crippen molar-refractivity contribution < 1.29 is 4.79 Å². The van der Waals surface area contributed by atoms with Crippen LogP contribution in [0.15, 0.2) is 36.5 Å². The number of nitrogens with one attached hydrogen (secondary N) is 1. The van der Waals surface area contributed by atoms with Crippen molar-refractivity contribution >= 4 is 11.6 Å². The van der Waals surface area contributed by atoms with E-state index in [2.05, 4.69) is 29.6 Å². The number of carbonyl (C=O) groups is 1. The van der Waals surface area contributed by atoms with Crippen molar-refractivity contribution in [2.75, 3.05) is 12.3 Å². The monoisotopic (exact) mass is 283 g/mol. The van der Waals surface area contributed by atoms with Crippen LogP contribution in [0, 0.1) is 0 Å². The van der Waals surface area contributed by atoms with E-state index in [9.17, 15) is 4.79 Å². The Morgan fingerprint density at radius 2 is 2.19 bits per heavy atom. The molecule has 0 bridgehead atoms. The Bertz CT molecular complexity index is 672. The van der Waals surface area contributed by atoms with Crippen molar-refractivity contribution in [3.63, 3.8) is 0 Å². The summed E-state index contributed by atoms with van der Waals surface area (Å²) < 4.78 is 1.92. The zero-order chi connectivity index (χ0) is 15.0. The Balaban J connectivity index is 1.66. The first-order valence-corrected chi connectivity index (χ1v) is 7.39. The van der Waals surface area contributed by atoms with Gasteiger partial charge in [0.1, 0.15) is 5.69 Å². The number of nitrogens with two attached hydrogens (primary N) is 1. The van der Waals surface area contributed by atoms with Crippen LogP contribution in [0.25, 0.3) is 0 Å². The molecule has 2 aromatic rings. The van der Waals surface area contributed by atoms with E-state index in [1.54, 1.807) is 6.07 Å². The molecule has 21 heavy (non-hydrogen) atoms. The predicted octanol–water partition coefficient (Wildman–Crippen LogP) is 2.72. The topological polar surface area (TPSA) is 60.0 Å². The molecule has 0 saturated carbocycles. The molecule has 0 fully saturated rings. The second kappa shape index (κ2) is 5.28. The van der Waals surface area contributed by atoms with Gasteiger partial charge in [0.2, 0.25) is 0 Å². The van der Waals surface area contributed by atoms with E-state index in [1.807, 2.05) is 24.6 Å². The number of nitrogens with zero attached hydrogens (tertiary/aromatic N) is 1. The molecular weight excluding hydrogens is 262 g/mol. The van der Waals surface area contributed by atoms with E-state index in [0.29, 0.717) is 23.8 Å². The van der Waals surface area contributed by atoms with Gasteiger partial charge in [0, 0.05) is 24.7 Å². The van der Waals surface area contributed by atoms with Crippen molar-refractivity contribution in [2.45, 2.75) is 32.2 Å². The van der Waals surface area contributed by atoms with E-state index in [0.717, 1.165) is 6.42 Å². The first-order valence-electron chi connectivity index (χ1n) is 7.39. The molecule has 110 valence electrons. The van der Waals surface area contributed by atoms with Crippen molar-refractivity contribution in [1.29, 1.82) is 0 Å². The molecule has 1 heterocycles. The zero-order valence-corrected chi connectivity index (χ0v) is 12.5. The van der Waals surface area contributed by atoms with Crippen LogP contribution in [-0.4, -0.2) is 17.0 Å². The zero-order valence-electron chi connectivity index (χ0n) is 12.5. The van der Waals surface area contributed by atoms with Gasteiger partial charge in [-0.25, -0.2) is 0 Å². The van der Waals surface area contributed by atoms with Gasteiger partial charge < -0.3 is 15.6 Å². The number of amides is 1. The Kier molecular flexibility index (Phi) is 3.45. The second-order valence-corrected chi connectivity index (χ2v) is 5.97. The van der Waals surface area contributed by atoms with E-state index in [4.69, 9.17) is 5.73 Å². The van der Waals surface area contributed by atoms with Gasteiger partial charge in [0.15, 0.2) is 0 Å². The SMILES string of the molecule is CC(C)n1cc(N)cc1C(=O)NCC1Cc2ccccc21. The third-order valence-electron chi connectivity index (χ3n) is 4.13. The van der Waals surface area contributed by atoms with E-state index < -0.39 is 0 Å². The van der Waals surface area contributed by atoms with Crippen molar-refractivity contribution in [1.82, 2.24) is 9.88 Å². The van der Waals surface area contributed by atoms with Crippen LogP contribution in [0.4, 0.5) is 5.69 Å². The number of aromatic nitrogens is 1. The number of hydrogen-bond donors (Lipinski definition) is 2. The largest absolute Gasteiger partial charge is 0.397 e. The summed E-state index contributed by atoms with van der Waals surface area (Å²) in [5, 5.41) is 3.04. The van der Waals surface area contributed by atoms with Crippen LogP contribution in [0.1, 0.15) is 47.4 Å². The van der Waals surface area contributed by atoms with Gasteiger partial charge in [-0.3, -0.25) is 4.79 Å². The molecule has 0 spiro atoms. The van der Waals surface area contributed by atoms with Gasteiger partial charge in [0.25, 0.3) is 5.91 Å². The molecule has 1 atom stereocenters. The molecule has 1 amide bonds. The highest BCUT2D eigenvalue weighted by Gasteiger charge is 2.26. The van der Waals surface area contributed by atoms with Gasteiger partial charge in [-0.1, -0.05) is 24.3 Å². The van der Waals surface area contributed by atoms with Crippen LogP contribution in [-0.2, 0) is 6.42 Å². The molecule has 0 saturated heterocycles. The summed E-state index contributed by atoms with van der Waals surface area (Å²) in [4.78, 5) is 12.4. The molecule has 4 nitrogen and oxygen atoms in total. The summed E-state index contributed by atoms with van der Waals surface area (Å²) in [5.74, 6) is 0.384. The number of nitrogen functional groups attached to an aromatic ring is 1. The van der Waals surface area contributed by atoms with Crippen LogP contribution in [0.5, 0.6) is 0 Å². The molecule has 1 aromatic carbocycles. The van der Waals surface area contributed by atoms with Crippen molar-refractivity contribution in [3.8, 4) is 0 Å². The van der Waals surface area contributed by atoms with E-state index >= 15 is 0 Å². The lowest BCUT2D eigenvalue weighted by Gasteiger charge is -2.30. The van der Waals surface area contributed by atoms with E-state index in [1.165, 1.54) is 11.1 Å². The fourth-order valence-corrected chi connectivity index (χ4v) is 2.96. The van der Waals surface area contributed by atoms with E-state index in [-0.39, 0.29) is 11.9 Å². The number of hydrogen-bond acceptors (Lipinski definition) is 2. The minimum absolute atomic E-state index is 0.0511. The molecule has 0 aliphatic heterocycles.